The first-order valence-corrected chi connectivity index (χ1v) is 11.0. The van der Waals surface area contributed by atoms with E-state index >= 15 is 0 Å². The predicted octanol–water partition coefficient (Wildman–Crippen LogP) is 4.68. The lowest BCUT2D eigenvalue weighted by Gasteiger charge is -2.09. The second-order valence-electron chi connectivity index (χ2n) is 6.69. The summed E-state index contributed by atoms with van der Waals surface area (Å²) in [7, 11) is -3.47. The van der Waals surface area contributed by atoms with Gasteiger partial charge in [0.15, 0.2) is 9.84 Å². The van der Waals surface area contributed by atoms with E-state index < -0.39 is 15.7 Å². The number of aromatic nitrogens is 2. The third kappa shape index (κ3) is 4.05. The zero-order valence-corrected chi connectivity index (χ0v) is 17.2. The highest BCUT2D eigenvalue weighted by Crippen LogP contribution is 2.25. The largest absolute Gasteiger partial charge is 0.338 e. The van der Waals surface area contributed by atoms with Gasteiger partial charge in [-0.05, 0) is 60.7 Å². The van der Waals surface area contributed by atoms with Gasteiger partial charge in [0.1, 0.15) is 11.6 Å². The molecule has 0 fully saturated rings. The van der Waals surface area contributed by atoms with Gasteiger partial charge in [-0.3, -0.25) is 4.79 Å². The quantitative estimate of drug-likeness (QED) is 0.479. The number of carbonyl (C=O) groups excluding carboxylic acids is 1. The van der Waals surface area contributed by atoms with E-state index in [9.17, 15) is 17.6 Å². The van der Waals surface area contributed by atoms with Gasteiger partial charge < -0.3 is 10.3 Å². The fourth-order valence-corrected chi connectivity index (χ4v) is 3.79. The molecule has 0 saturated carbocycles. The van der Waals surface area contributed by atoms with Crippen LogP contribution in [0.2, 0.25) is 5.02 Å². The van der Waals surface area contributed by atoms with Gasteiger partial charge in [-0.15, -0.1) is 0 Å². The van der Waals surface area contributed by atoms with Crippen LogP contribution in [0.25, 0.3) is 22.4 Å². The lowest BCUT2D eigenvalue weighted by atomic mass is 10.1. The summed E-state index contributed by atoms with van der Waals surface area (Å²) in [4.78, 5) is 20.1. The molecule has 0 radical (unpaired) electrons. The Morgan fingerprint density at radius 3 is 2.50 bits per heavy atom. The number of imidazole rings is 1. The third-order valence-corrected chi connectivity index (χ3v) is 5.91. The van der Waals surface area contributed by atoms with Gasteiger partial charge in [0.05, 0.1) is 26.5 Å². The average Bonchev–Trinajstić information content (AvgIpc) is 3.11. The molecule has 6 nitrogen and oxygen atoms in total. The minimum Gasteiger partial charge on any atom is -0.338 e. The molecule has 4 aromatic rings. The molecule has 0 unspecified atom stereocenters. The predicted molar refractivity (Wildman–Crippen MR) is 114 cm³/mol. The molecule has 1 aromatic heterocycles. The van der Waals surface area contributed by atoms with Crippen LogP contribution in [-0.2, 0) is 9.84 Å². The summed E-state index contributed by atoms with van der Waals surface area (Å²) in [5.41, 5.74) is 2.53. The Labute approximate surface area is 176 Å². The number of halogens is 2. The lowest BCUT2D eigenvalue weighted by Crippen LogP contribution is -2.13. The number of aromatic amines is 1. The van der Waals surface area contributed by atoms with Crippen molar-refractivity contribution in [3.63, 3.8) is 0 Å². The molecular formula is C21H15ClFN3O3S. The number of nitrogens with zero attached hydrogens (tertiary/aromatic N) is 1. The number of hydrogen-bond acceptors (Lipinski definition) is 4. The van der Waals surface area contributed by atoms with Crippen molar-refractivity contribution in [1.82, 2.24) is 9.97 Å². The van der Waals surface area contributed by atoms with E-state index in [0.29, 0.717) is 22.5 Å². The highest BCUT2D eigenvalue weighted by atomic mass is 35.5. The van der Waals surface area contributed by atoms with E-state index in [4.69, 9.17) is 11.6 Å². The van der Waals surface area contributed by atoms with Crippen molar-refractivity contribution in [3.8, 4) is 11.4 Å². The van der Waals surface area contributed by atoms with Gasteiger partial charge in [-0.1, -0.05) is 11.6 Å². The molecule has 0 aliphatic rings. The maximum absolute atomic E-state index is 13.4. The van der Waals surface area contributed by atoms with E-state index in [1.807, 2.05) is 0 Å². The van der Waals surface area contributed by atoms with Gasteiger partial charge in [0.25, 0.3) is 5.91 Å². The molecule has 0 saturated heterocycles. The van der Waals surface area contributed by atoms with E-state index in [1.165, 1.54) is 30.3 Å². The van der Waals surface area contributed by atoms with Crippen LogP contribution in [0.1, 0.15) is 10.4 Å². The number of rotatable bonds is 4. The Kier molecular flexibility index (Phi) is 5.05. The number of hydrogen-bond donors (Lipinski definition) is 2. The van der Waals surface area contributed by atoms with Crippen LogP contribution in [0, 0.1) is 5.82 Å². The molecule has 0 bridgehead atoms. The molecule has 1 heterocycles. The standard InChI is InChI=1S/C21H15ClFN3O3S/c1-30(28,29)15-7-8-17(22)16(11-15)21(27)24-14-5-2-12(3-6-14)20-25-18-9-4-13(23)10-19(18)26-20/h2-11H,1H3,(H,24,27)(H,25,26). The summed E-state index contributed by atoms with van der Waals surface area (Å²) in [6.45, 7) is 0. The monoisotopic (exact) mass is 443 g/mol. The lowest BCUT2D eigenvalue weighted by molar-refractivity contribution is 0.102. The fraction of sp³-hybridized carbons (Fsp3) is 0.0476. The Morgan fingerprint density at radius 1 is 1.07 bits per heavy atom. The fourth-order valence-electron chi connectivity index (χ4n) is 2.94. The van der Waals surface area contributed by atoms with Crippen molar-refractivity contribution in [3.05, 3.63) is 77.1 Å². The molecular weight excluding hydrogens is 429 g/mol. The minimum absolute atomic E-state index is 0.00807. The van der Waals surface area contributed by atoms with Crippen LogP contribution < -0.4 is 5.32 Å². The first-order valence-electron chi connectivity index (χ1n) is 8.77. The number of amides is 1. The summed E-state index contributed by atoms with van der Waals surface area (Å²) in [6.07, 6.45) is 1.06. The van der Waals surface area contributed by atoms with Gasteiger partial charge in [-0.2, -0.15) is 0 Å². The molecule has 9 heteroatoms. The molecule has 2 N–H and O–H groups in total. The Balaban J connectivity index is 1.57. The Bertz CT molecular complexity index is 1380. The molecule has 0 spiro atoms. The molecule has 0 aliphatic heterocycles. The summed E-state index contributed by atoms with van der Waals surface area (Å²) in [5.74, 6) is -0.316. The van der Waals surface area contributed by atoms with Crippen LogP contribution in [0.5, 0.6) is 0 Å². The molecule has 1 amide bonds. The van der Waals surface area contributed by atoms with Crippen molar-refractivity contribution in [2.24, 2.45) is 0 Å². The molecule has 4 rings (SSSR count). The van der Waals surface area contributed by atoms with Crippen LogP contribution in [0.3, 0.4) is 0 Å². The van der Waals surface area contributed by atoms with E-state index in [1.54, 1.807) is 30.3 Å². The smallest absolute Gasteiger partial charge is 0.257 e. The average molecular weight is 444 g/mol. The van der Waals surface area contributed by atoms with Gasteiger partial charge in [-0.25, -0.2) is 17.8 Å². The van der Waals surface area contributed by atoms with Crippen molar-refractivity contribution in [2.75, 3.05) is 11.6 Å². The number of H-pyrrole nitrogens is 1. The van der Waals surface area contributed by atoms with Crippen LogP contribution in [0.4, 0.5) is 10.1 Å². The number of fused-ring (bicyclic) bond motifs is 1. The molecule has 152 valence electrons. The van der Waals surface area contributed by atoms with E-state index in [-0.39, 0.29) is 21.3 Å². The summed E-state index contributed by atoms with van der Waals surface area (Å²) in [5, 5.41) is 2.84. The summed E-state index contributed by atoms with van der Waals surface area (Å²) >= 11 is 6.07. The highest BCUT2D eigenvalue weighted by molar-refractivity contribution is 7.90. The zero-order valence-electron chi connectivity index (χ0n) is 15.6. The van der Waals surface area contributed by atoms with Gasteiger partial charge >= 0.3 is 0 Å². The number of benzene rings is 3. The second-order valence-corrected chi connectivity index (χ2v) is 9.12. The number of sulfone groups is 1. The molecule has 0 aliphatic carbocycles. The Morgan fingerprint density at radius 2 is 1.80 bits per heavy atom. The van der Waals surface area contributed by atoms with Crippen molar-refractivity contribution in [2.45, 2.75) is 4.90 Å². The highest BCUT2D eigenvalue weighted by Gasteiger charge is 2.16. The zero-order chi connectivity index (χ0) is 21.5. The SMILES string of the molecule is CS(=O)(=O)c1ccc(Cl)c(C(=O)Nc2ccc(-c3nc4ccc(F)cc4[nH]3)cc2)c1. The molecule has 3 aromatic carbocycles. The van der Waals surface area contributed by atoms with Crippen molar-refractivity contribution in [1.29, 1.82) is 0 Å². The number of anilines is 1. The van der Waals surface area contributed by atoms with Crippen LogP contribution in [0.15, 0.2) is 65.6 Å². The maximum atomic E-state index is 13.4. The van der Waals surface area contributed by atoms with E-state index in [0.717, 1.165) is 11.8 Å². The second kappa shape index (κ2) is 7.55. The van der Waals surface area contributed by atoms with Gasteiger partial charge in [0.2, 0.25) is 0 Å². The first kappa shape index (κ1) is 20.1. The van der Waals surface area contributed by atoms with Crippen LogP contribution in [-0.4, -0.2) is 30.5 Å². The van der Waals surface area contributed by atoms with Crippen LogP contribution >= 0.6 is 11.6 Å². The Hall–Kier alpha value is -3.23. The van der Waals surface area contributed by atoms with Crippen molar-refractivity contribution >= 4 is 44.1 Å². The minimum atomic E-state index is -3.47. The normalized spacial score (nSPS) is 11.6. The van der Waals surface area contributed by atoms with Crippen molar-refractivity contribution < 1.29 is 17.6 Å². The summed E-state index contributed by atoms with van der Waals surface area (Å²) < 4.78 is 36.8. The molecule has 30 heavy (non-hydrogen) atoms. The number of carbonyl (C=O) groups is 1. The molecule has 0 atom stereocenters. The van der Waals surface area contributed by atoms with E-state index in [2.05, 4.69) is 15.3 Å². The first-order chi connectivity index (χ1) is 14.2. The number of nitrogens with one attached hydrogen (secondary N) is 2. The third-order valence-electron chi connectivity index (χ3n) is 4.47. The van der Waals surface area contributed by atoms with Gasteiger partial charge in [0, 0.05) is 17.5 Å². The summed E-state index contributed by atoms with van der Waals surface area (Å²) in [6, 6.07) is 15.1. The maximum Gasteiger partial charge on any atom is 0.257 e. The topological polar surface area (TPSA) is 91.9 Å².